The number of nitrogens with two attached hydrogens (primary N) is 1. The molecule has 1 aliphatic rings. The molecule has 1 saturated heterocycles. The molecule has 1 heterocycles. The fraction of sp³-hybridized carbons (Fsp3) is 0.429. The van der Waals surface area contributed by atoms with Crippen molar-refractivity contribution < 1.29 is 31.1 Å². The predicted molar refractivity (Wildman–Crippen MR) is 99.4 cm³/mol. The van der Waals surface area contributed by atoms with Crippen LogP contribution in [0.5, 0.6) is 0 Å². The van der Waals surface area contributed by atoms with Crippen molar-refractivity contribution in [3.8, 4) is 0 Å². The Kier molecular flexibility index (Phi) is 6.45. The molecule has 0 bridgehead atoms. The fourth-order valence-electron chi connectivity index (χ4n) is 3.60. The maximum Gasteiger partial charge on any atom is 0.416 e. The molecule has 3 N–H and O–H groups in total. The zero-order valence-electron chi connectivity index (χ0n) is 16.0. The van der Waals surface area contributed by atoms with E-state index in [4.69, 9.17) is 10.5 Å². The molecule has 9 heteroatoms. The molecule has 2 unspecified atom stereocenters. The van der Waals surface area contributed by atoms with Gasteiger partial charge in [0.05, 0.1) is 29.9 Å². The normalized spacial score (nSPS) is 22.8. The monoisotopic (exact) mass is 432 g/mol. The van der Waals surface area contributed by atoms with E-state index < -0.39 is 29.0 Å². The van der Waals surface area contributed by atoms with Gasteiger partial charge in [-0.25, -0.2) is 0 Å². The van der Waals surface area contributed by atoms with Crippen LogP contribution in [0.15, 0.2) is 48.5 Å². The minimum absolute atomic E-state index is 0.0281. The van der Waals surface area contributed by atoms with Gasteiger partial charge in [-0.1, -0.05) is 30.3 Å². The maximum atomic E-state index is 13.0. The van der Waals surface area contributed by atoms with Crippen LogP contribution in [0.1, 0.15) is 35.1 Å². The second-order valence-electron chi connectivity index (χ2n) is 7.53. The van der Waals surface area contributed by atoms with Crippen molar-refractivity contribution in [1.29, 1.82) is 0 Å². The first-order valence-corrected chi connectivity index (χ1v) is 9.42. The number of alkyl halides is 6. The molecule has 3 rings (SSSR count). The summed E-state index contributed by atoms with van der Waals surface area (Å²) >= 11 is 0. The minimum atomic E-state index is -4.89. The quantitative estimate of drug-likeness (QED) is 0.665. The Morgan fingerprint density at radius 3 is 2.07 bits per heavy atom. The molecule has 164 valence electrons. The summed E-state index contributed by atoms with van der Waals surface area (Å²) in [4.78, 5) is 0. The number of halogens is 6. The largest absolute Gasteiger partial charge is 0.416 e. The van der Waals surface area contributed by atoms with Gasteiger partial charge in [0.1, 0.15) is 0 Å². The van der Waals surface area contributed by atoms with E-state index in [9.17, 15) is 26.3 Å². The Hall–Kier alpha value is -2.10. The molecule has 3 nitrogen and oxygen atoms in total. The Labute approximate surface area is 170 Å². The third-order valence-electron chi connectivity index (χ3n) is 5.24. The molecule has 0 saturated carbocycles. The SMILES string of the molecule is NC1CCC(COCc2cc(C(F)(F)F)cc(C(F)(F)F)c2)(c2ccccc2)NC1. The predicted octanol–water partition coefficient (Wildman–Crippen LogP) is 4.85. The number of piperidine rings is 1. The van der Waals surface area contributed by atoms with Gasteiger partial charge in [-0.15, -0.1) is 0 Å². The Morgan fingerprint density at radius 1 is 0.967 bits per heavy atom. The summed E-state index contributed by atoms with van der Waals surface area (Å²) in [7, 11) is 0. The summed E-state index contributed by atoms with van der Waals surface area (Å²) in [5, 5.41) is 3.35. The molecule has 2 aromatic rings. The smallest absolute Gasteiger partial charge is 0.374 e. The van der Waals surface area contributed by atoms with Crippen molar-refractivity contribution in [3.63, 3.8) is 0 Å². The van der Waals surface area contributed by atoms with Gasteiger partial charge in [0, 0.05) is 12.6 Å². The molecular formula is C21H22F6N2O. The van der Waals surface area contributed by atoms with Gasteiger partial charge < -0.3 is 15.8 Å². The van der Waals surface area contributed by atoms with Crippen LogP contribution < -0.4 is 11.1 Å². The van der Waals surface area contributed by atoms with Crippen molar-refractivity contribution in [2.24, 2.45) is 5.73 Å². The second kappa shape index (κ2) is 8.56. The summed E-state index contributed by atoms with van der Waals surface area (Å²) in [6, 6.07) is 10.8. The minimum Gasteiger partial charge on any atom is -0.374 e. The van der Waals surface area contributed by atoms with Crippen molar-refractivity contribution in [2.45, 2.75) is 43.4 Å². The van der Waals surface area contributed by atoms with Crippen LogP contribution in [0.25, 0.3) is 0 Å². The van der Waals surface area contributed by atoms with E-state index in [2.05, 4.69) is 5.32 Å². The molecule has 30 heavy (non-hydrogen) atoms. The van der Waals surface area contributed by atoms with Gasteiger partial charge in [0.15, 0.2) is 0 Å². The van der Waals surface area contributed by atoms with E-state index in [0.717, 1.165) is 5.56 Å². The number of nitrogens with one attached hydrogen (secondary N) is 1. The molecule has 0 radical (unpaired) electrons. The summed E-state index contributed by atoms with van der Waals surface area (Å²) in [6.45, 7) is 0.233. The topological polar surface area (TPSA) is 47.3 Å². The molecule has 0 amide bonds. The van der Waals surface area contributed by atoms with Crippen LogP contribution in [0.3, 0.4) is 0 Å². The lowest BCUT2D eigenvalue weighted by Gasteiger charge is -2.41. The highest BCUT2D eigenvalue weighted by molar-refractivity contribution is 5.33. The molecule has 1 fully saturated rings. The first kappa shape index (κ1) is 22.6. The number of benzene rings is 2. The average Bonchev–Trinajstić information content (AvgIpc) is 2.69. The van der Waals surface area contributed by atoms with Crippen LogP contribution in [0, 0.1) is 0 Å². The van der Waals surface area contributed by atoms with Crippen LogP contribution in [0.2, 0.25) is 0 Å². The lowest BCUT2D eigenvalue weighted by atomic mass is 9.82. The van der Waals surface area contributed by atoms with Gasteiger partial charge in [0.25, 0.3) is 0 Å². The number of rotatable bonds is 5. The summed E-state index contributed by atoms with van der Waals surface area (Å²) in [6.07, 6.45) is -8.42. The Bertz CT molecular complexity index is 811. The number of ether oxygens (including phenoxy) is 1. The fourth-order valence-corrected chi connectivity index (χ4v) is 3.60. The van der Waals surface area contributed by atoms with Gasteiger partial charge in [0.2, 0.25) is 0 Å². The molecule has 0 aliphatic carbocycles. The summed E-state index contributed by atoms with van der Waals surface area (Å²) in [5.74, 6) is 0. The van der Waals surface area contributed by atoms with Crippen molar-refractivity contribution >= 4 is 0 Å². The Morgan fingerprint density at radius 2 is 1.57 bits per heavy atom. The highest BCUT2D eigenvalue weighted by Gasteiger charge is 2.38. The van der Waals surface area contributed by atoms with E-state index >= 15 is 0 Å². The van der Waals surface area contributed by atoms with Crippen molar-refractivity contribution in [1.82, 2.24) is 5.32 Å². The third-order valence-corrected chi connectivity index (χ3v) is 5.24. The van der Waals surface area contributed by atoms with E-state index in [0.29, 0.717) is 31.5 Å². The lowest BCUT2D eigenvalue weighted by Crippen LogP contribution is -2.55. The molecule has 0 aromatic heterocycles. The van der Waals surface area contributed by atoms with Crippen molar-refractivity contribution in [2.75, 3.05) is 13.2 Å². The first-order valence-electron chi connectivity index (χ1n) is 9.42. The van der Waals surface area contributed by atoms with Crippen LogP contribution >= 0.6 is 0 Å². The van der Waals surface area contributed by atoms with E-state index in [1.54, 1.807) is 0 Å². The van der Waals surface area contributed by atoms with Gasteiger partial charge >= 0.3 is 12.4 Å². The van der Waals surface area contributed by atoms with Gasteiger partial charge in [-0.3, -0.25) is 0 Å². The first-order chi connectivity index (χ1) is 14.0. The van der Waals surface area contributed by atoms with Crippen LogP contribution in [-0.2, 0) is 29.2 Å². The van der Waals surface area contributed by atoms with Crippen LogP contribution in [-0.4, -0.2) is 19.2 Å². The van der Waals surface area contributed by atoms with Crippen molar-refractivity contribution in [3.05, 3.63) is 70.8 Å². The number of hydrogen-bond acceptors (Lipinski definition) is 3. The third kappa shape index (κ3) is 5.33. The standard InChI is InChI=1S/C21H22F6N2O/c22-20(23,24)16-8-14(9-17(10-16)21(25,26)27)12-30-13-19(7-6-18(28)11-29-19)15-4-2-1-3-5-15/h1-5,8-10,18,29H,6-7,11-13,28H2. The second-order valence-corrected chi connectivity index (χ2v) is 7.53. The molecule has 0 spiro atoms. The van der Waals surface area contributed by atoms with Gasteiger partial charge in [-0.05, 0) is 42.2 Å². The molecular weight excluding hydrogens is 410 g/mol. The zero-order valence-corrected chi connectivity index (χ0v) is 16.0. The molecule has 1 aliphatic heterocycles. The maximum absolute atomic E-state index is 13.0. The Balaban J connectivity index is 1.80. The van der Waals surface area contributed by atoms with E-state index in [-0.39, 0.29) is 30.9 Å². The molecule has 2 aromatic carbocycles. The zero-order chi connectivity index (χ0) is 22.0. The van der Waals surface area contributed by atoms with E-state index in [1.165, 1.54) is 0 Å². The lowest BCUT2D eigenvalue weighted by molar-refractivity contribution is -0.143. The highest BCUT2D eigenvalue weighted by atomic mass is 19.4. The number of hydrogen-bond donors (Lipinski definition) is 2. The van der Waals surface area contributed by atoms with E-state index in [1.807, 2.05) is 30.3 Å². The highest BCUT2D eigenvalue weighted by Crippen LogP contribution is 2.37. The molecule has 2 atom stereocenters. The van der Waals surface area contributed by atoms with Gasteiger partial charge in [-0.2, -0.15) is 26.3 Å². The summed E-state index contributed by atoms with van der Waals surface area (Å²) in [5.41, 5.74) is 3.38. The average molecular weight is 432 g/mol. The van der Waals surface area contributed by atoms with Crippen LogP contribution in [0.4, 0.5) is 26.3 Å². The summed E-state index contributed by atoms with van der Waals surface area (Å²) < 4.78 is 83.9.